The van der Waals surface area contributed by atoms with E-state index in [2.05, 4.69) is 10.6 Å². The van der Waals surface area contributed by atoms with E-state index in [9.17, 15) is 14.4 Å². The van der Waals surface area contributed by atoms with Crippen molar-refractivity contribution in [2.45, 2.75) is 19.8 Å². The van der Waals surface area contributed by atoms with Crippen molar-refractivity contribution in [3.63, 3.8) is 0 Å². The molecule has 0 bridgehead atoms. The summed E-state index contributed by atoms with van der Waals surface area (Å²) < 4.78 is 16.2. The molecule has 2 aliphatic rings. The number of pyridine rings is 1. The lowest BCUT2D eigenvalue weighted by molar-refractivity contribution is -0.123. The van der Waals surface area contributed by atoms with E-state index < -0.39 is 24.5 Å². The fourth-order valence-corrected chi connectivity index (χ4v) is 4.29. The molecule has 178 valence electrons. The molecular weight excluding hydrogens is 450 g/mol. The van der Waals surface area contributed by atoms with Gasteiger partial charge in [0.1, 0.15) is 0 Å². The average Bonchev–Trinajstić information content (AvgIpc) is 3.48. The minimum Gasteiger partial charge on any atom is -0.454 e. The number of urea groups is 1. The van der Waals surface area contributed by atoms with Crippen molar-refractivity contribution in [2.75, 3.05) is 19.9 Å². The molecule has 9 heteroatoms. The molecule has 35 heavy (non-hydrogen) atoms. The van der Waals surface area contributed by atoms with Crippen LogP contribution in [0.25, 0.3) is 22.6 Å². The zero-order chi connectivity index (χ0) is 24.4. The van der Waals surface area contributed by atoms with Crippen LogP contribution in [-0.2, 0) is 16.0 Å². The van der Waals surface area contributed by atoms with Crippen molar-refractivity contribution in [3.05, 3.63) is 64.8 Å². The lowest BCUT2D eigenvalue weighted by Gasteiger charge is -2.12. The van der Waals surface area contributed by atoms with E-state index in [-0.39, 0.29) is 6.79 Å². The average molecular weight is 473 g/mol. The number of esters is 1. The van der Waals surface area contributed by atoms with E-state index in [0.717, 1.165) is 22.4 Å². The van der Waals surface area contributed by atoms with Gasteiger partial charge in [0.05, 0.1) is 16.8 Å². The Kier molecular flexibility index (Phi) is 6.05. The summed E-state index contributed by atoms with van der Waals surface area (Å²) in [6.07, 6.45) is 3.34. The highest BCUT2D eigenvalue weighted by Gasteiger charge is 2.28. The van der Waals surface area contributed by atoms with Crippen LogP contribution in [0.2, 0.25) is 0 Å². The second-order valence-corrected chi connectivity index (χ2v) is 8.10. The molecular formula is C26H23N3O6. The van der Waals surface area contributed by atoms with E-state index in [4.69, 9.17) is 19.2 Å². The Labute approximate surface area is 201 Å². The first-order chi connectivity index (χ1) is 17.0. The highest BCUT2D eigenvalue weighted by molar-refractivity contribution is 6.08. The van der Waals surface area contributed by atoms with Crippen LogP contribution >= 0.6 is 0 Å². The number of ether oxygens (including phenoxy) is 3. The third kappa shape index (κ3) is 4.52. The molecule has 2 heterocycles. The molecule has 1 aromatic heterocycles. The number of benzene rings is 2. The second kappa shape index (κ2) is 9.46. The van der Waals surface area contributed by atoms with Crippen LogP contribution in [0, 0.1) is 0 Å². The molecule has 9 nitrogen and oxygen atoms in total. The molecule has 0 saturated carbocycles. The number of aromatic nitrogens is 1. The molecule has 1 aliphatic heterocycles. The first kappa shape index (κ1) is 22.4. The summed E-state index contributed by atoms with van der Waals surface area (Å²) in [4.78, 5) is 41.5. The first-order valence-electron chi connectivity index (χ1n) is 11.3. The number of amides is 3. The quantitative estimate of drug-likeness (QED) is 0.545. The van der Waals surface area contributed by atoms with Gasteiger partial charge < -0.3 is 19.5 Å². The molecule has 1 aliphatic carbocycles. The van der Waals surface area contributed by atoms with Crippen molar-refractivity contribution >= 4 is 40.5 Å². The molecule has 2 N–H and O–H groups in total. The number of carbonyl (C=O) groups is 3. The zero-order valence-corrected chi connectivity index (χ0v) is 19.1. The van der Waals surface area contributed by atoms with Crippen molar-refractivity contribution in [1.29, 1.82) is 0 Å². The lowest BCUT2D eigenvalue weighted by atomic mass is 10.0. The van der Waals surface area contributed by atoms with Gasteiger partial charge in [-0.1, -0.05) is 24.3 Å². The van der Waals surface area contributed by atoms with Gasteiger partial charge in [0.15, 0.2) is 18.1 Å². The van der Waals surface area contributed by atoms with Crippen LogP contribution in [-0.4, -0.2) is 42.8 Å². The summed E-state index contributed by atoms with van der Waals surface area (Å²) >= 11 is 0. The maximum atomic E-state index is 13.1. The van der Waals surface area contributed by atoms with E-state index in [1.54, 1.807) is 6.92 Å². The van der Waals surface area contributed by atoms with Crippen LogP contribution < -0.4 is 20.1 Å². The summed E-state index contributed by atoms with van der Waals surface area (Å²) in [5.74, 6) is 0.0708. The maximum absolute atomic E-state index is 13.1. The fourth-order valence-electron chi connectivity index (χ4n) is 4.29. The van der Waals surface area contributed by atoms with Crippen LogP contribution in [0.4, 0.5) is 4.79 Å². The fraction of sp³-hybridized carbons (Fsp3) is 0.231. The highest BCUT2D eigenvalue weighted by Crippen LogP contribution is 2.39. The minimum atomic E-state index is -0.706. The smallest absolute Gasteiger partial charge is 0.339 e. The standard InChI is InChI=1S/C26H23N3O6/c1-2-27-26(32)29-22(30)13-33-25(31)23-17-5-3-4-6-19(17)28-24-16(8-9-18(23)24)11-15-7-10-20-21(12-15)35-14-34-20/h3-7,10-12H,2,8-9,13-14H2,1H3,(H2,27,29,30,32). The second-order valence-electron chi connectivity index (χ2n) is 8.10. The predicted molar refractivity (Wildman–Crippen MR) is 128 cm³/mol. The zero-order valence-electron chi connectivity index (χ0n) is 19.1. The van der Waals surface area contributed by atoms with Crippen molar-refractivity contribution < 1.29 is 28.6 Å². The van der Waals surface area contributed by atoms with Crippen LogP contribution in [0.15, 0.2) is 42.5 Å². The molecule has 2 aromatic carbocycles. The summed E-state index contributed by atoms with van der Waals surface area (Å²) in [5, 5.41) is 5.23. The van der Waals surface area contributed by atoms with Gasteiger partial charge in [0.2, 0.25) is 6.79 Å². The Balaban J connectivity index is 1.45. The van der Waals surface area contributed by atoms with E-state index in [0.29, 0.717) is 47.4 Å². The van der Waals surface area contributed by atoms with Crippen molar-refractivity contribution in [2.24, 2.45) is 0 Å². The maximum Gasteiger partial charge on any atom is 0.339 e. The number of nitrogens with zero attached hydrogens (tertiary/aromatic N) is 1. The number of para-hydroxylation sites is 1. The van der Waals surface area contributed by atoms with Gasteiger partial charge in [-0.15, -0.1) is 0 Å². The lowest BCUT2D eigenvalue weighted by Crippen LogP contribution is -2.41. The Bertz CT molecular complexity index is 1380. The van der Waals surface area contributed by atoms with Crippen LogP contribution in [0.1, 0.15) is 40.5 Å². The van der Waals surface area contributed by atoms with Gasteiger partial charge in [0, 0.05) is 11.9 Å². The third-order valence-electron chi connectivity index (χ3n) is 5.81. The molecule has 0 fully saturated rings. The highest BCUT2D eigenvalue weighted by atomic mass is 16.7. The number of hydrogen-bond acceptors (Lipinski definition) is 7. The van der Waals surface area contributed by atoms with Crippen LogP contribution in [0.3, 0.4) is 0 Å². The van der Waals surface area contributed by atoms with Gasteiger partial charge in [-0.25, -0.2) is 14.6 Å². The van der Waals surface area contributed by atoms with Crippen molar-refractivity contribution in [1.82, 2.24) is 15.6 Å². The Morgan fingerprint density at radius 1 is 1.09 bits per heavy atom. The topological polar surface area (TPSA) is 116 Å². The van der Waals surface area contributed by atoms with E-state index in [1.165, 1.54) is 0 Å². The minimum absolute atomic E-state index is 0.207. The summed E-state index contributed by atoms with van der Waals surface area (Å²) in [7, 11) is 0. The molecule has 5 rings (SSSR count). The number of fused-ring (bicyclic) bond motifs is 3. The number of rotatable bonds is 5. The largest absolute Gasteiger partial charge is 0.454 e. The van der Waals surface area contributed by atoms with Gasteiger partial charge in [0.25, 0.3) is 5.91 Å². The normalized spacial score (nSPS) is 14.6. The molecule has 0 spiro atoms. The van der Waals surface area contributed by atoms with Gasteiger partial charge in [-0.3, -0.25) is 10.1 Å². The summed E-state index contributed by atoms with van der Waals surface area (Å²) in [6.45, 7) is 1.74. The summed E-state index contributed by atoms with van der Waals surface area (Å²) in [5.41, 5.74) is 4.50. The van der Waals surface area contributed by atoms with Crippen molar-refractivity contribution in [3.8, 4) is 11.5 Å². The number of nitrogens with one attached hydrogen (secondary N) is 2. The number of allylic oxidation sites excluding steroid dienone is 1. The summed E-state index contributed by atoms with van der Waals surface area (Å²) in [6, 6.07) is 12.4. The molecule has 3 aromatic rings. The van der Waals surface area contributed by atoms with Crippen LogP contribution in [0.5, 0.6) is 11.5 Å². The molecule has 0 atom stereocenters. The Morgan fingerprint density at radius 3 is 2.77 bits per heavy atom. The molecule has 0 radical (unpaired) electrons. The third-order valence-corrected chi connectivity index (χ3v) is 5.81. The molecule has 0 unspecified atom stereocenters. The van der Waals surface area contributed by atoms with E-state index in [1.807, 2.05) is 48.5 Å². The SMILES string of the molecule is CCNC(=O)NC(=O)COC(=O)c1c2c(nc3ccccc13)C(=Cc1ccc3c(c1)OCO3)CC2. The van der Waals surface area contributed by atoms with Gasteiger partial charge in [-0.2, -0.15) is 0 Å². The Morgan fingerprint density at radius 2 is 1.91 bits per heavy atom. The monoisotopic (exact) mass is 473 g/mol. The van der Waals surface area contributed by atoms with Gasteiger partial charge >= 0.3 is 12.0 Å². The number of carbonyl (C=O) groups excluding carboxylic acids is 3. The Hall–Kier alpha value is -4.40. The first-order valence-corrected chi connectivity index (χ1v) is 11.3. The van der Waals surface area contributed by atoms with Gasteiger partial charge in [-0.05, 0) is 60.7 Å². The molecule has 3 amide bonds. The molecule has 0 saturated heterocycles. The predicted octanol–water partition coefficient (Wildman–Crippen LogP) is 3.45. The number of imide groups is 1. The van der Waals surface area contributed by atoms with E-state index >= 15 is 0 Å². The number of hydrogen-bond donors (Lipinski definition) is 2.